The fraction of sp³-hybridized carbons (Fsp3) is 0.625. The third-order valence-corrected chi connectivity index (χ3v) is 4.51. The molecule has 0 atom stereocenters. The van der Waals surface area contributed by atoms with E-state index in [1.807, 2.05) is 13.8 Å². The van der Waals surface area contributed by atoms with Gasteiger partial charge in [0.05, 0.1) is 12.8 Å². The van der Waals surface area contributed by atoms with Crippen LogP contribution in [0.15, 0.2) is 6.20 Å². The molecule has 0 radical (unpaired) electrons. The number of methoxy groups -OCH3 is 1. The summed E-state index contributed by atoms with van der Waals surface area (Å²) >= 11 is 0. The zero-order chi connectivity index (χ0) is 15.5. The van der Waals surface area contributed by atoms with Gasteiger partial charge in [0.1, 0.15) is 11.5 Å². The molecule has 5 nitrogen and oxygen atoms in total. The van der Waals surface area contributed by atoms with Crippen LogP contribution in [0.1, 0.15) is 29.7 Å². The molecule has 0 amide bonds. The Kier molecular flexibility index (Phi) is 4.96. The van der Waals surface area contributed by atoms with Gasteiger partial charge in [0, 0.05) is 48.9 Å². The van der Waals surface area contributed by atoms with Crippen molar-refractivity contribution in [1.82, 2.24) is 4.98 Å². The van der Waals surface area contributed by atoms with Crippen LogP contribution in [0.5, 0.6) is 5.75 Å². The minimum atomic E-state index is -0.454. The third-order valence-electron chi connectivity index (χ3n) is 4.51. The number of ketones is 1. The first-order chi connectivity index (χ1) is 10.0. The number of aryl methyl sites for hydroxylation is 1. The van der Waals surface area contributed by atoms with Crippen molar-refractivity contribution < 1.29 is 14.3 Å². The summed E-state index contributed by atoms with van der Waals surface area (Å²) in [5.41, 5.74) is 8.13. The number of rotatable bonds is 5. The lowest BCUT2D eigenvalue weighted by atomic mass is 9.75. The number of nitrogens with two attached hydrogens (primary N) is 1. The molecular weight excluding hydrogens is 268 g/mol. The molecule has 21 heavy (non-hydrogen) atoms. The van der Waals surface area contributed by atoms with E-state index in [0.29, 0.717) is 39.0 Å². The summed E-state index contributed by atoms with van der Waals surface area (Å²) in [4.78, 5) is 17.2. The predicted molar refractivity (Wildman–Crippen MR) is 80.5 cm³/mol. The van der Waals surface area contributed by atoms with Crippen LogP contribution in [0.25, 0.3) is 0 Å². The summed E-state index contributed by atoms with van der Waals surface area (Å²) in [6.07, 6.45) is 3.46. The first-order valence-electron chi connectivity index (χ1n) is 7.34. The first-order valence-corrected chi connectivity index (χ1v) is 7.34. The SMILES string of the molecule is COc1c(C)cnc(CC(=O)C2(CN)CCOCC2)c1C. The number of aromatic nitrogens is 1. The van der Waals surface area contributed by atoms with Crippen molar-refractivity contribution in [2.75, 3.05) is 26.9 Å². The minimum Gasteiger partial charge on any atom is -0.496 e. The maximum atomic E-state index is 12.7. The van der Waals surface area contributed by atoms with E-state index in [-0.39, 0.29) is 5.78 Å². The Morgan fingerprint density at radius 3 is 2.67 bits per heavy atom. The highest BCUT2D eigenvalue weighted by Crippen LogP contribution is 2.33. The van der Waals surface area contributed by atoms with Crippen LogP contribution in [0.2, 0.25) is 0 Å². The van der Waals surface area contributed by atoms with Crippen LogP contribution in [-0.2, 0) is 16.0 Å². The van der Waals surface area contributed by atoms with Crippen molar-refractivity contribution >= 4 is 5.78 Å². The molecule has 2 rings (SSSR count). The Hall–Kier alpha value is -1.46. The predicted octanol–water partition coefficient (Wildman–Crippen LogP) is 1.57. The van der Waals surface area contributed by atoms with Gasteiger partial charge in [-0.05, 0) is 26.7 Å². The summed E-state index contributed by atoms with van der Waals surface area (Å²) in [6.45, 7) is 5.47. The fourth-order valence-corrected chi connectivity index (χ4v) is 2.95. The second-order valence-corrected chi connectivity index (χ2v) is 5.74. The number of carbonyl (C=O) groups is 1. The molecule has 1 aliphatic rings. The molecule has 1 saturated heterocycles. The number of nitrogens with zero attached hydrogens (tertiary/aromatic N) is 1. The van der Waals surface area contributed by atoms with Crippen LogP contribution in [0, 0.1) is 19.3 Å². The van der Waals surface area contributed by atoms with Crippen LogP contribution in [0.3, 0.4) is 0 Å². The minimum absolute atomic E-state index is 0.162. The molecule has 0 aliphatic carbocycles. The zero-order valence-electron chi connectivity index (χ0n) is 13.1. The molecule has 0 aromatic carbocycles. The molecule has 0 saturated carbocycles. The average molecular weight is 292 g/mol. The zero-order valence-corrected chi connectivity index (χ0v) is 13.1. The number of Topliss-reactive ketones (excluding diaryl/α,β-unsaturated/α-hetero) is 1. The van der Waals surface area contributed by atoms with Crippen LogP contribution < -0.4 is 10.5 Å². The van der Waals surface area contributed by atoms with E-state index in [1.165, 1.54) is 0 Å². The molecule has 1 fully saturated rings. The Bertz CT molecular complexity index is 522. The molecule has 2 N–H and O–H groups in total. The Labute approximate surface area is 125 Å². The van der Waals surface area contributed by atoms with Gasteiger partial charge >= 0.3 is 0 Å². The molecule has 1 aromatic heterocycles. The number of carbonyl (C=O) groups excluding carboxylic acids is 1. The lowest BCUT2D eigenvalue weighted by molar-refractivity contribution is -0.132. The van der Waals surface area contributed by atoms with Gasteiger partial charge < -0.3 is 15.2 Å². The summed E-state index contributed by atoms with van der Waals surface area (Å²) in [5.74, 6) is 0.969. The van der Waals surface area contributed by atoms with Crippen molar-refractivity contribution in [3.05, 3.63) is 23.0 Å². The Morgan fingerprint density at radius 1 is 1.43 bits per heavy atom. The lowest BCUT2D eigenvalue weighted by Crippen LogP contribution is -2.44. The van der Waals surface area contributed by atoms with E-state index in [9.17, 15) is 4.79 Å². The van der Waals surface area contributed by atoms with Gasteiger partial charge in [0.2, 0.25) is 0 Å². The van der Waals surface area contributed by atoms with Gasteiger partial charge in [-0.25, -0.2) is 0 Å². The molecule has 0 unspecified atom stereocenters. The summed E-state index contributed by atoms with van der Waals surface area (Å²) in [5, 5.41) is 0. The van der Waals surface area contributed by atoms with Crippen molar-refractivity contribution in [3.63, 3.8) is 0 Å². The molecule has 116 valence electrons. The maximum absolute atomic E-state index is 12.7. The van der Waals surface area contributed by atoms with Crippen molar-refractivity contribution in [2.45, 2.75) is 33.1 Å². The fourth-order valence-electron chi connectivity index (χ4n) is 2.95. The number of ether oxygens (including phenoxy) is 2. The molecule has 0 bridgehead atoms. The molecule has 5 heteroatoms. The van der Waals surface area contributed by atoms with Crippen LogP contribution in [-0.4, -0.2) is 37.6 Å². The lowest BCUT2D eigenvalue weighted by Gasteiger charge is -2.34. The van der Waals surface area contributed by atoms with Gasteiger partial charge in [-0.15, -0.1) is 0 Å². The monoisotopic (exact) mass is 292 g/mol. The second-order valence-electron chi connectivity index (χ2n) is 5.74. The highest BCUT2D eigenvalue weighted by molar-refractivity contribution is 5.87. The van der Waals surface area contributed by atoms with E-state index < -0.39 is 5.41 Å². The van der Waals surface area contributed by atoms with Gasteiger partial charge in [0.25, 0.3) is 0 Å². The van der Waals surface area contributed by atoms with Gasteiger partial charge in [-0.3, -0.25) is 9.78 Å². The number of hydrogen-bond acceptors (Lipinski definition) is 5. The molecule has 0 spiro atoms. The van der Waals surface area contributed by atoms with Gasteiger partial charge in [-0.1, -0.05) is 0 Å². The van der Waals surface area contributed by atoms with Crippen LogP contribution >= 0.6 is 0 Å². The van der Waals surface area contributed by atoms with Crippen molar-refractivity contribution in [3.8, 4) is 5.75 Å². The van der Waals surface area contributed by atoms with Crippen LogP contribution in [0.4, 0.5) is 0 Å². The molecular formula is C16H24N2O3. The van der Waals surface area contributed by atoms with Crippen molar-refractivity contribution in [2.24, 2.45) is 11.1 Å². The molecule has 1 aromatic rings. The highest BCUT2D eigenvalue weighted by atomic mass is 16.5. The topological polar surface area (TPSA) is 74.4 Å². The first kappa shape index (κ1) is 15.9. The van der Waals surface area contributed by atoms with Gasteiger partial charge in [0.15, 0.2) is 0 Å². The Balaban J connectivity index is 2.23. The second kappa shape index (κ2) is 6.54. The van der Waals surface area contributed by atoms with Crippen molar-refractivity contribution in [1.29, 1.82) is 0 Å². The average Bonchev–Trinajstić information content (AvgIpc) is 2.51. The standard InChI is InChI=1S/C16H24N2O3/c1-11-9-18-13(12(2)15(11)20-3)8-14(19)16(10-17)4-6-21-7-5-16/h9H,4-8,10,17H2,1-3H3. The largest absolute Gasteiger partial charge is 0.496 e. The summed E-state index contributed by atoms with van der Waals surface area (Å²) < 4.78 is 10.8. The highest BCUT2D eigenvalue weighted by Gasteiger charge is 2.38. The van der Waals surface area contributed by atoms with Gasteiger partial charge in [-0.2, -0.15) is 0 Å². The smallest absolute Gasteiger partial charge is 0.146 e. The Morgan fingerprint density at radius 2 is 2.10 bits per heavy atom. The van der Waals surface area contributed by atoms with E-state index in [0.717, 1.165) is 22.6 Å². The molecule has 1 aliphatic heterocycles. The van der Waals surface area contributed by atoms with E-state index in [1.54, 1.807) is 13.3 Å². The summed E-state index contributed by atoms with van der Waals surface area (Å²) in [6, 6.07) is 0. The normalized spacial score (nSPS) is 17.5. The number of hydrogen-bond donors (Lipinski definition) is 1. The quantitative estimate of drug-likeness (QED) is 0.891. The van der Waals surface area contributed by atoms with E-state index >= 15 is 0 Å². The van der Waals surface area contributed by atoms with E-state index in [2.05, 4.69) is 4.98 Å². The number of pyridine rings is 1. The maximum Gasteiger partial charge on any atom is 0.146 e. The molecule has 2 heterocycles. The third kappa shape index (κ3) is 3.09. The summed E-state index contributed by atoms with van der Waals surface area (Å²) in [7, 11) is 1.64. The van der Waals surface area contributed by atoms with E-state index in [4.69, 9.17) is 15.2 Å².